The van der Waals surface area contributed by atoms with Gasteiger partial charge in [-0.05, 0) is 91.5 Å². The Morgan fingerprint density at radius 1 is 0.389 bits per heavy atom. The molecule has 0 radical (unpaired) electrons. The summed E-state index contributed by atoms with van der Waals surface area (Å²) in [6.07, 6.45) is 6.77. The molecule has 9 aromatic rings. The number of anilines is 1. The summed E-state index contributed by atoms with van der Waals surface area (Å²) in [5.74, 6) is 3.68. The zero-order valence-electron chi connectivity index (χ0n) is 29.9. The molecule has 2 aliphatic heterocycles. The number of hydrogen-bond acceptors (Lipinski definition) is 4. The van der Waals surface area contributed by atoms with Gasteiger partial charge in [0, 0.05) is 44.9 Å². The summed E-state index contributed by atoms with van der Waals surface area (Å²) in [7, 11) is 0. The Balaban J connectivity index is 1.10. The number of nitrogens with zero attached hydrogens (tertiary/aromatic N) is 6. The number of benzene rings is 6. The molecule has 4 aliphatic rings. The van der Waals surface area contributed by atoms with E-state index in [0.29, 0.717) is 29.8 Å². The van der Waals surface area contributed by atoms with E-state index < -0.39 is 0 Å². The smallest absolute Gasteiger partial charge is 0.240 e. The zero-order valence-corrected chi connectivity index (χ0v) is 29.9. The summed E-state index contributed by atoms with van der Waals surface area (Å²) >= 11 is 0. The molecule has 0 spiro atoms. The lowest BCUT2D eigenvalue weighted by atomic mass is 9.63. The Morgan fingerprint density at radius 2 is 0.926 bits per heavy atom. The Kier molecular flexibility index (Phi) is 6.50. The average Bonchev–Trinajstić information content (AvgIpc) is 3.73. The van der Waals surface area contributed by atoms with Crippen LogP contribution in [0.3, 0.4) is 0 Å². The van der Waals surface area contributed by atoms with Gasteiger partial charge in [-0.1, -0.05) is 109 Å². The first kappa shape index (κ1) is 30.2. The van der Waals surface area contributed by atoms with Gasteiger partial charge in [-0.2, -0.15) is 15.0 Å². The van der Waals surface area contributed by atoms with Crippen molar-refractivity contribution in [1.82, 2.24) is 24.1 Å². The quantitative estimate of drug-likeness (QED) is 0.180. The van der Waals surface area contributed by atoms with E-state index in [4.69, 9.17) is 15.0 Å². The molecule has 6 aromatic carbocycles. The molecule has 0 unspecified atom stereocenters. The van der Waals surface area contributed by atoms with Crippen molar-refractivity contribution in [3.05, 3.63) is 146 Å². The molecular formula is C48H38N6. The Bertz CT molecular complexity index is 2880. The number of rotatable bonds is 5. The van der Waals surface area contributed by atoms with Crippen molar-refractivity contribution in [3.8, 4) is 34.4 Å². The number of para-hydroxylation sites is 2. The van der Waals surface area contributed by atoms with Crippen LogP contribution in [0.1, 0.15) is 32.1 Å². The largest absolute Gasteiger partial charge is 0.365 e. The first-order chi connectivity index (χ1) is 26.7. The molecule has 0 amide bonds. The van der Waals surface area contributed by atoms with Gasteiger partial charge in [-0.25, -0.2) is 0 Å². The second-order valence-electron chi connectivity index (χ2n) is 15.8. The minimum atomic E-state index is 0.601. The van der Waals surface area contributed by atoms with Gasteiger partial charge in [0.05, 0.1) is 22.1 Å². The third kappa shape index (κ3) is 4.55. The molecule has 3 aromatic heterocycles. The summed E-state index contributed by atoms with van der Waals surface area (Å²) in [6, 6.07) is 53.4. The van der Waals surface area contributed by atoms with Crippen LogP contribution in [0.4, 0.5) is 5.69 Å². The maximum absolute atomic E-state index is 5.43. The predicted octanol–water partition coefficient (Wildman–Crippen LogP) is 11.2. The highest BCUT2D eigenvalue weighted by Gasteiger charge is 2.47. The van der Waals surface area contributed by atoms with E-state index in [1.54, 1.807) is 0 Å². The summed E-state index contributed by atoms with van der Waals surface area (Å²) in [5.41, 5.74) is 9.01. The van der Waals surface area contributed by atoms with Crippen molar-refractivity contribution in [2.75, 3.05) is 4.90 Å². The molecule has 4 bridgehead atoms. The maximum atomic E-state index is 5.43. The standard InChI is InChI=1S/C48H38N6/c1-3-11-32(12-4-1)34-19-22-44-41(28-34)39-16-8-10-18-43(39)53(44)47-49-46(33-13-5-2-6-14-33)50-48(51-47)54-42-17-9-7-15-38(42)40-21-20-35(29-45(40)54)52-36-24-30-23-31(26-36)27-37(52)25-30/h1-22,28-31,36-37H,23-27H2. The van der Waals surface area contributed by atoms with E-state index in [0.717, 1.165) is 39.5 Å². The average molecular weight is 699 g/mol. The third-order valence-electron chi connectivity index (χ3n) is 12.7. The molecule has 13 rings (SSSR count). The predicted molar refractivity (Wildman–Crippen MR) is 219 cm³/mol. The minimum Gasteiger partial charge on any atom is -0.365 e. The Hall–Kier alpha value is -6.27. The lowest BCUT2D eigenvalue weighted by Crippen LogP contribution is -2.58. The van der Waals surface area contributed by atoms with Crippen molar-refractivity contribution in [1.29, 1.82) is 0 Å². The van der Waals surface area contributed by atoms with E-state index in [1.807, 2.05) is 6.07 Å². The van der Waals surface area contributed by atoms with Crippen molar-refractivity contribution in [3.63, 3.8) is 0 Å². The lowest BCUT2D eigenvalue weighted by molar-refractivity contribution is 0.0900. The zero-order chi connectivity index (χ0) is 35.3. The SMILES string of the molecule is c1ccc(-c2ccc3c(c2)c2ccccc2n3-c2nc(-c3ccccc3)nc(-n3c4ccccc4c4ccc(N5C6CC7CC(C6)CC5C7)cc43)n2)cc1. The van der Waals surface area contributed by atoms with Gasteiger partial charge in [-0.15, -0.1) is 0 Å². The van der Waals surface area contributed by atoms with Crippen LogP contribution in [0.15, 0.2) is 146 Å². The van der Waals surface area contributed by atoms with Crippen LogP contribution in [0, 0.1) is 11.8 Å². The summed E-state index contributed by atoms with van der Waals surface area (Å²) in [5, 5.41) is 4.75. The van der Waals surface area contributed by atoms with Crippen LogP contribution in [-0.4, -0.2) is 36.2 Å². The Labute approximate surface area is 313 Å². The number of fused-ring (bicyclic) bond motifs is 6. The van der Waals surface area contributed by atoms with E-state index in [2.05, 4.69) is 154 Å². The molecule has 0 atom stereocenters. The van der Waals surface area contributed by atoms with Crippen molar-refractivity contribution in [2.45, 2.75) is 44.2 Å². The molecule has 5 heterocycles. The summed E-state index contributed by atoms with van der Waals surface area (Å²) < 4.78 is 4.50. The van der Waals surface area contributed by atoms with Crippen LogP contribution < -0.4 is 4.90 Å². The van der Waals surface area contributed by atoms with Crippen molar-refractivity contribution in [2.24, 2.45) is 11.8 Å². The van der Waals surface area contributed by atoms with E-state index in [1.165, 1.54) is 70.5 Å². The molecular weight excluding hydrogens is 661 g/mol. The van der Waals surface area contributed by atoms with E-state index in [9.17, 15) is 0 Å². The van der Waals surface area contributed by atoms with Gasteiger partial charge in [-0.3, -0.25) is 9.13 Å². The molecule has 6 nitrogen and oxygen atoms in total. The summed E-state index contributed by atoms with van der Waals surface area (Å²) in [4.78, 5) is 18.8. The number of hydrogen-bond donors (Lipinski definition) is 0. The molecule has 6 heteroatoms. The second kappa shape index (κ2) is 11.6. The van der Waals surface area contributed by atoms with Gasteiger partial charge in [0.25, 0.3) is 0 Å². The van der Waals surface area contributed by atoms with Crippen LogP contribution in [0.5, 0.6) is 0 Å². The Morgan fingerprint density at radius 3 is 1.59 bits per heavy atom. The van der Waals surface area contributed by atoms with Gasteiger partial charge >= 0.3 is 0 Å². The van der Waals surface area contributed by atoms with Crippen LogP contribution >= 0.6 is 0 Å². The molecule has 260 valence electrons. The summed E-state index contributed by atoms with van der Waals surface area (Å²) in [6.45, 7) is 0. The normalized spacial score (nSPS) is 20.6. The minimum absolute atomic E-state index is 0.601. The maximum Gasteiger partial charge on any atom is 0.240 e. The van der Waals surface area contributed by atoms with E-state index >= 15 is 0 Å². The molecule has 2 aliphatic carbocycles. The highest BCUT2D eigenvalue weighted by Crippen LogP contribution is 2.51. The van der Waals surface area contributed by atoms with Crippen LogP contribution in [0.2, 0.25) is 0 Å². The van der Waals surface area contributed by atoms with Crippen LogP contribution in [0.25, 0.3) is 78.0 Å². The van der Waals surface area contributed by atoms with Gasteiger partial charge in [0.2, 0.25) is 11.9 Å². The first-order valence-corrected chi connectivity index (χ1v) is 19.5. The van der Waals surface area contributed by atoms with E-state index in [-0.39, 0.29) is 0 Å². The molecule has 0 N–H and O–H groups in total. The monoisotopic (exact) mass is 698 g/mol. The molecule has 2 saturated carbocycles. The third-order valence-corrected chi connectivity index (χ3v) is 12.7. The first-order valence-electron chi connectivity index (χ1n) is 19.5. The molecule has 4 fully saturated rings. The topological polar surface area (TPSA) is 51.8 Å². The van der Waals surface area contributed by atoms with Crippen molar-refractivity contribution < 1.29 is 0 Å². The molecule has 2 saturated heterocycles. The fourth-order valence-corrected chi connectivity index (χ4v) is 10.6. The second-order valence-corrected chi connectivity index (χ2v) is 15.8. The highest BCUT2D eigenvalue weighted by atomic mass is 15.3. The fourth-order valence-electron chi connectivity index (χ4n) is 10.6. The van der Waals surface area contributed by atoms with Crippen LogP contribution in [-0.2, 0) is 0 Å². The molecule has 54 heavy (non-hydrogen) atoms. The van der Waals surface area contributed by atoms with Gasteiger partial charge in [0.15, 0.2) is 5.82 Å². The lowest BCUT2D eigenvalue weighted by Gasteiger charge is -2.57. The van der Waals surface area contributed by atoms with Crippen molar-refractivity contribution >= 4 is 49.3 Å². The van der Waals surface area contributed by atoms with Gasteiger partial charge < -0.3 is 4.90 Å². The fraction of sp³-hybridized carbons (Fsp3) is 0.188. The number of aromatic nitrogens is 5. The number of piperidine rings is 2. The highest BCUT2D eigenvalue weighted by molar-refractivity contribution is 6.11. The van der Waals surface area contributed by atoms with Gasteiger partial charge in [0.1, 0.15) is 0 Å².